The van der Waals surface area contributed by atoms with Crippen LogP contribution in [0.15, 0.2) is 77.7 Å². The number of hydrogen-bond donors (Lipinski definition) is 1. The largest absolute Gasteiger partial charge is 0.507 e. The SMILES string of the molecule is Cc1ccc(/C(O)=C2\C(=O)C(=O)N(Cc3cccs3)C2c2ccccc2)cc1. The van der Waals surface area contributed by atoms with E-state index in [4.69, 9.17) is 0 Å². The number of hydrogen-bond acceptors (Lipinski definition) is 4. The second kappa shape index (κ2) is 7.44. The van der Waals surface area contributed by atoms with Crippen molar-refractivity contribution in [2.75, 3.05) is 0 Å². The standard InChI is InChI=1S/C23H19NO3S/c1-15-9-11-17(12-10-15)21(25)19-20(16-6-3-2-4-7-16)24(23(27)22(19)26)14-18-8-5-13-28-18/h2-13,20,25H,14H2,1H3/b21-19+. The molecule has 1 saturated heterocycles. The zero-order chi connectivity index (χ0) is 19.7. The molecule has 1 amide bonds. The predicted molar refractivity (Wildman–Crippen MR) is 110 cm³/mol. The quantitative estimate of drug-likeness (QED) is 0.400. The van der Waals surface area contributed by atoms with Crippen molar-refractivity contribution in [1.82, 2.24) is 4.90 Å². The van der Waals surface area contributed by atoms with Crippen LogP contribution in [0.4, 0.5) is 0 Å². The number of benzene rings is 2. The Labute approximate surface area is 167 Å². The van der Waals surface area contributed by atoms with Gasteiger partial charge in [0.1, 0.15) is 5.76 Å². The van der Waals surface area contributed by atoms with Gasteiger partial charge in [0, 0.05) is 10.4 Å². The smallest absolute Gasteiger partial charge is 0.295 e. The van der Waals surface area contributed by atoms with E-state index in [1.54, 1.807) is 17.0 Å². The third kappa shape index (κ3) is 3.25. The first kappa shape index (κ1) is 18.2. The van der Waals surface area contributed by atoms with Gasteiger partial charge in [0.15, 0.2) is 0 Å². The number of amides is 1. The van der Waals surface area contributed by atoms with Crippen LogP contribution < -0.4 is 0 Å². The van der Waals surface area contributed by atoms with Gasteiger partial charge in [-0.15, -0.1) is 11.3 Å². The van der Waals surface area contributed by atoms with Crippen LogP contribution in [0, 0.1) is 6.92 Å². The van der Waals surface area contributed by atoms with Crippen molar-refractivity contribution in [3.05, 3.63) is 99.3 Å². The minimum Gasteiger partial charge on any atom is -0.507 e. The number of thiophene rings is 1. The van der Waals surface area contributed by atoms with Crippen molar-refractivity contribution < 1.29 is 14.7 Å². The molecule has 0 spiro atoms. The molecule has 1 aliphatic rings. The van der Waals surface area contributed by atoms with E-state index < -0.39 is 17.7 Å². The van der Waals surface area contributed by atoms with E-state index in [0.717, 1.165) is 16.0 Å². The molecule has 140 valence electrons. The van der Waals surface area contributed by atoms with E-state index in [2.05, 4.69) is 0 Å². The number of carbonyl (C=O) groups excluding carboxylic acids is 2. The Kier molecular flexibility index (Phi) is 4.84. The average molecular weight is 389 g/mol. The summed E-state index contributed by atoms with van der Waals surface area (Å²) in [4.78, 5) is 28.3. The summed E-state index contributed by atoms with van der Waals surface area (Å²) >= 11 is 1.53. The summed E-state index contributed by atoms with van der Waals surface area (Å²) in [5.41, 5.74) is 2.51. The summed E-state index contributed by atoms with van der Waals surface area (Å²) < 4.78 is 0. The summed E-state index contributed by atoms with van der Waals surface area (Å²) in [5.74, 6) is -1.37. The van der Waals surface area contributed by atoms with Gasteiger partial charge in [0.2, 0.25) is 0 Å². The highest BCUT2D eigenvalue weighted by Crippen LogP contribution is 2.40. The fourth-order valence-corrected chi connectivity index (χ4v) is 4.17. The summed E-state index contributed by atoms with van der Waals surface area (Å²) in [6.07, 6.45) is 0. The molecule has 28 heavy (non-hydrogen) atoms. The Morgan fingerprint density at radius 1 is 1.00 bits per heavy atom. The van der Waals surface area contributed by atoms with Crippen LogP contribution in [0.2, 0.25) is 0 Å². The molecule has 2 heterocycles. The number of aliphatic hydroxyl groups excluding tert-OH is 1. The van der Waals surface area contributed by atoms with Gasteiger partial charge in [0.25, 0.3) is 11.7 Å². The summed E-state index contributed by atoms with van der Waals surface area (Å²) in [6, 6.07) is 19.9. The van der Waals surface area contributed by atoms with E-state index in [9.17, 15) is 14.7 Å². The van der Waals surface area contributed by atoms with Crippen LogP contribution in [-0.4, -0.2) is 21.7 Å². The molecule has 1 atom stereocenters. The van der Waals surface area contributed by atoms with Crippen LogP contribution in [0.5, 0.6) is 0 Å². The molecule has 0 saturated carbocycles. The van der Waals surface area contributed by atoms with Gasteiger partial charge in [-0.25, -0.2) is 0 Å². The normalized spacial score (nSPS) is 18.6. The Hall–Kier alpha value is -3.18. The number of rotatable bonds is 4. The van der Waals surface area contributed by atoms with Crippen molar-refractivity contribution in [3.8, 4) is 0 Å². The van der Waals surface area contributed by atoms with Gasteiger partial charge in [-0.2, -0.15) is 0 Å². The van der Waals surface area contributed by atoms with Gasteiger partial charge < -0.3 is 10.0 Å². The van der Waals surface area contributed by atoms with Gasteiger partial charge >= 0.3 is 0 Å². The molecule has 1 fully saturated rings. The zero-order valence-electron chi connectivity index (χ0n) is 15.3. The molecule has 1 aromatic heterocycles. The van der Waals surface area contributed by atoms with Crippen molar-refractivity contribution in [1.29, 1.82) is 0 Å². The summed E-state index contributed by atoms with van der Waals surface area (Å²) in [6.45, 7) is 2.28. The second-order valence-corrected chi connectivity index (χ2v) is 7.82. The molecule has 1 N–H and O–H groups in total. The highest BCUT2D eigenvalue weighted by molar-refractivity contribution is 7.09. The van der Waals surface area contributed by atoms with Gasteiger partial charge in [-0.05, 0) is 23.9 Å². The maximum atomic E-state index is 12.9. The second-order valence-electron chi connectivity index (χ2n) is 6.78. The van der Waals surface area contributed by atoms with Crippen LogP contribution in [0.3, 0.4) is 0 Å². The maximum absolute atomic E-state index is 12.9. The number of carbonyl (C=O) groups is 2. The first-order chi connectivity index (χ1) is 13.6. The Balaban J connectivity index is 1.85. The Morgan fingerprint density at radius 2 is 1.71 bits per heavy atom. The van der Waals surface area contributed by atoms with Crippen molar-refractivity contribution in [2.24, 2.45) is 0 Å². The number of likely N-dealkylation sites (tertiary alicyclic amines) is 1. The molecule has 5 heteroatoms. The fourth-order valence-electron chi connectivity index (χ4n) is 3.46. The number of Topliss-reactive ketones (excluding diaryl/α,β-unsaturated/α-hetero) is 1. The minimum absolute atomic E-state index is 0.136. The lowest BCUT2D eigenvalue weighted by Gasteiger charge is -2.24. The number of aliphatic hydroxyl groups is 1. The molecule has 2 aromatic carbocycles. The number of aryl methyl sites for hydroxylation is 1. The minimum atomic E-state index is -0.650. The molecular formula is C23H19NO3S. The van der Waals surface area contributed by atoms with Crippen LogP contribution >= 0.6 is 11.3 Å². The Morgan fingerprint density at radius 3 is 2.36 bits per heavy atom. The number of nitrogens with zero attached hydrogens (tertiary/aromatic N) is 1. The fraction of sp³-hybridized carbons (Fsp3) is 0.130. The maximum Gasteiger partial charge on any atom is 0.295 e. The average Bonchev–Trinajstić information content (AvgIpc) is 3.31. The molecule has 1 aliphatic heterocycles. The van der Waals surface area contributed by atoms with Crippen molar-refractivity contribution in [3.63, 3.8) is 0 Å². The van der Waals surface area contributed by atoms with E-state index in [-0.39, 0.29) is 11.3 Å². The molecule has 0 aliphatic carbocycles. The van der Waals surface area contributed by atoms with Gasteiger partial charge in [-0.3, -0.25) is 9.59 Å². The third-order valence-electron chi connectivity index (χ3n) is 4.89. The van der Waals surface area contributed by atoms with Crippen LogP contribution in [0.25, 0.3) is 5.76 Å². The van der Waals surface area contributed by atoms with E-state index in [1.807, 2.05) is 66.9 Å². The molecular weight excluding hydrogens is 370 g/mol. The zero-order valence-corrected chi connectivity index (χ0v) is 16.1. The predicted octanol–water partition coefficient (Wildman–Crippen LogP) is 4.68. The lowest BCUT2D eigenvalue weighted by Crippen LogP contribution is -2.28. The molecule has 4 nitrogen and oxygen atoms in total. The highest BCUT2D eigenvalue weighted by Gasteiger charge is 2.46. The molecule has 0 radical (unpaired) electrons. The Bertz CT molecular complexity index is 1040. The topological polar surface area (TPSA) is 57.6 Å². The third-order valence-corrected chi connectivity index (χ3v) is 5.75. The van der Waals surface area contributed by atoms with Gasteiger partial charge in [-0.1, -0.05) is 66.2 Å². The van der Waals surface area contributed by atoms with Crippen LogP contribution in [0.1, 0.15) is 27.6 Å². The molecule has 4 rings (SSSR count). The van der Waals surface area contributed by atoms with Gasteiger partial charge in [0.05, 0.1) is 18.2 Å². The monoisotopic (exact) mass is 389 g/mol. The molecule has 1 unspecified atom stereocenters. The summed E-state index contributed by atoms with van der Waals surface area (Å²) in [7, 11) is 0. The molecule has 3 aromatic rings. The van der Waals surface area contributed by atoms with E-state index in [1.165, 1.54) is 11.3 Å². The lowest BCUT2D eigenvalue weighted by molar-refractivity contribution is -0.140. The number of ketones is 1. The first-order valence-corrected chi connectivity index (χ1v) is 9.87. The highest BCUT2D eigenvalue weighted by atomic mass is 32.1. The first-order valence-electron chi connectivity index (χ1n) is 8.99. The summed E-state index contributed by atoms with van der Waals surface area (Å²) in [5, 5.41) is 12.9. The van der Waals surface area contributed by atoms with Crippen molar-refractivity contribution in [2.45, 2.75) is 19.5 Å². The lowest BCUT2D eigenvalue weighted by atomic mass is 9.95. The van der Waals surface area contributed by atoms with E-state index in [0.29, 0.717) is 12.1 Å². The van der Waals surface area contributed by atoms with Crippen molar-refractivity contribution >= 4 is 28.8 Å². The van der Waals surface area contributed by atoms with Crippen LogP contribution in [-0.2, 0) is 16.1 Å². The molecule has 0 bridgehead atoms. The van der Waals surface area contributed by atoms with E-state index >= 15 is 0 Å².